The zero-order valence-corrected chi connectivity index (χ0v) is 11.6. The number of anilines is 1. The minimum Gasteiger partial charge on any atom is -0.373 e. The van der Waals surface area contributed by atoms with Gasteiger partial charge in [0.15, 0.2) is 0 Å². The van der Waals surface area contributed by atoms with Crippen molar-refractivity contribution in [1.29, 1.82) is 5.26 Å². The van der Waals surface area contributed by atoms with E-state index in [1.165, 1.54) is 0 Å². The molecule has 0 aliphatic carbocycles. The van der Waals surface area contributed by atoms with Crippen LogP contribution in [0.2, 0.25) is 0 Å². The predicted octanol–water partition coefficient (Wildman–Crippen LogP) is 1.29. The Kier molecular flexibility index (Phi) is 5.20. The average molecular weight is 258 g/mol. The third-order valence-electron chi connectivity index (χ3n) is 3.61. The molecule has 19 heavy (non-hydrogen) atoms. The number of nitrogens with one attached hydrogen (secondary N) is 1. The van der Waals surface area contributed by atoms with Crippen LogP contribution in [0.15, 0.2) is 24.3 Å². The lowest BCUT2D eigenvalue weighted by Gasteiger charge is -2.28. The number of benzene rings is 1. The zero-order chi connectivity index (χ0) is 13.5. The van der Waals surface area contributed by atoms with Gasteiger partial charge in [0, 0.05) is 39.8 Å². The zero-order valence-electron chi connectivity index (χ0n) is 11.6. The molecule has 1 aromatic carbocycles. The first-order valence-electron chi connectivity index (χ1n) is 6.94. The number of piperazine rings is 1. The van der Waals surface area contributed by atoms with Crippen molar-refractivity contribution in [2.24, 2.45) is 0 Å². The van der Waals surface area contributed by atoms with Gasteiger partial charge in [0.2, 0.25) is 0 Å². The Morgan fingerprint density at radius 1 is 1.32 bits per heavy atom. The van der Waals surface area contributed by atoms with Crippen molar-refractivity contribution in [2.45, 2.75) is 6.42 Å². The maximum Gasteiger partial charge on any atom is 0.101 e. The highest BCUT2D eigenvalue weighted by Crippen LogP contribution is 2.18. The second-order valence-electron chi connectivity index (χ2n) is 5.00. The van der Waals surface area contributed by atoms with Gasteiger partial charge in [-0.25, -0.2) is 0 Å². The van der Waals surface area contributed by atoms with E-state index in [1.807, 2.05) is 24.3 Å². The third kappa shape index (κ3) is 3.95. The normalized spacial score (nSPS) is 16.0. The molecule has 0 amide bonds. The summed E-state index contributed by atoms with van der Waals surface area (Å²) in [6.45, 7) is 6.64. The fraction of sp³-hybridized carbons (Fsp3) is 0.533. The first kappa shape index (κ1) is 13.9. The maximum absolute atomic E-state index is 9.10. The highest BCUT2D eigenvalue weighted by molar-refractivity contribution is 5.58. The van der Waals surface area contributed by atoms with E-state index in [0.717, 1.165) is 56.9 Å². The van der Waals surface area contributed by atoms with E-state index in [1.54, 1.807) is 0 Å². The summed E-state index contributed by atoms with van der Waals surface area (Å²) in [5.41, 5.74) is 1.79. The second kappa shape index (κ2) is 7.13. The van der Waals surface area contributed by atoms with Crippen LogP contribution in [0.1, 0.15) is 12.0 Å². The van der Waals surface area contributed by atoms with Gasteiger partial charge in [0.05, 0.1) is 11.3 Å². The topological polar surface area (TPSA) is 42.3 Å². The minimum atomic E-state index is 0.757. The molecule has 0 unspecified atom stereocenters. The van der Waals surface area contributed by atoms with Crippen molar-refractivity contribution in [3.63, 3.8) is 0 Å². The largest absolute Gasteiger partial charge is 0.373 e. The van der Waals surface area contributed by atoms with Gasteiger partial charge in [-0.2, -0.15) is 5.26 Å². The lowest BCUT2D eigenvalue weighted by atomic mass is 10.2. The Labute approximate surface area is 115 Å². The molecule has 1 saturated heterocycles. The molecule has 0 saturated carbocycles. The minimum absolute atomic E-state index is 0.757. The molecule has 0 bridgehead atoms. The first-order chi connectivity index (χ1) is 9.31. The molecule has 0 aromatic heterocycles. The summed E-state index contributed by atoms with van der Waals surface area (Å²) in [5, 5.41) is 12.5. The summed E-state index contributed by atoms with van der Waals surface area (Å²) < 4.78 is 0. The van der Waals surface area contributed by atoms with E-state index >= 15 is 0 Å². The second-order valence-corrected chi connectivity index (χ2v) is 5.00. The van der Waals surface area contributed by atoms with Crippen LogP contribution in [-0.4, -0.2) is 51.2 Å². The summed E-state index contributed by atoms with van der Waals surface area (Å²) in [4.78, 5) is 4.68. The standard InChI is InChI=1S/C15H22N4/c1-18(15-6-3-2-5-14(15)13-16)9-4-10-19-11-7-17-8-12-19/h2-3,5-6,17H,4,7-12H2,1H3. The molecule has 2 rings (SSSR count). The van der Waals surface area contributed by atoms with Crippen LogP contribution >= 0.6 is 0 Å². The fourth-order valence-corrected chi connectivity index (χ4v) is 2.49. The molecule has 1 aromatic rings. The summed E-state index contributed by atoms with van der Waals surface area (Å²) in [5.74, 6) is 0. The number of hydrogen-bond acceptors (Lipinski definition) is 4. The van der Waals surface area contributed by atoms with Crippen LogP contribution in [0.5, 0.6) is 0 Å². The number of hydrogen-bond donors (Lipinski definition) is 1. The molecule has 1 N–H and O–H groups in total. The Morgan fingerprint density at radius 2 is 2.05 bits per heavy atom. The number of nitrogens with zero attached hydrogens (tertiary/aromatic N) is 3. The predicted molar refractivity (Wildman–Crippen MR) is 78.4 cm³/mol. The van der Waals surface area contributed by atoms with E-state index < -0.39 is 0 Å². The van der Waals surface area contributed by atoms with Gasteiger partial charge in [0.1, 0.15) is 6.07 Å². The van der Waals surface area contributed by atoms with Crippen molar-refractivity contribution >= 4 is 5.69 Å². The molecule has 0 spiro atoms. The molecule has 1 heterocycles. The van der Waals surface area contributed by atoms with Crippen LogP contribution in [-0.2, 0) is 0 Å². The molecule has 1 aliphatic heterocycles. The third-order valence-corrected chi connectivity index (χ3v) is 3.61. The van der Waals surface area contributed by atoms with Crippen LogP contribution in [0, 0.1) is 11.3 Å². The first-order valence-corrected chi connectivity index (χ1v) is 6.94. The van der Waals surface area contributed by atoms with Gasteiger partial charge in [-0.05, 0) is 25.1 Å². The number of rotatable bonds is 5. The van der Waals surface area contributed by atoms with E-state index in [2.05, 4.69) is 28.2 Å². The monoisotopic (exact) mass is 258 g/mol. The van der Waals surface area contributed by atoms with Crippen molar-refractivity contribution in [2.75, 3.05) is 51.2 Å². The molecule has 0 atom stereocenters. The maximum atomic E-state index is 9.10. The van der Waals surface area contributed by atoms with Crippen LogP contribution in [0.3, 0.4) is 0 Å². The van der Waals surface area contributed by atoms with Gasteiger partial charge in [0.25, 0.3) is 0 Å². The van der Waals surface area contributed by atoms with Crippen molar-refractivity contribution < 1.29 is 0 Å². The van der Waals surface area contributed by atoms with E-state index in [9.17, 15) is 0 Å². The Bertz CT molecular complexity index is 432. The van der Waals surface area contributed by atoms with Crippen LogP contribution in [0.4, 0.5) is 5.69 Å². The van der Waals surface area contributed by atoms with Crippen LogP contribution < -0.4 is 10.2 Å². The SMILES string of the molecule is CN(CCCN1CCNCC1)c1ccccc1C#N. The summed E-state index contributed by atoms with van der Waals surface area (Å²) in [6, 6.07) is 10.1. The Morgan fingerprint density at radius 3 is 2.79 bits per heavy atom. The van der Waals surface area contributed by atoms with E-state index in [0.29, 0.717) is 0 Å². The lowest BCUT2D eigenvalue weighted by molar-refractivity contribution is 0.239. The highest BCUT2D eigenvalue weighted by Gasteiger charge is 2.10. The van der Waals surface area contributed by atoms with E-state index in [4.69, 9.17) is 5.26 Å². The Balaban J connectivity index is 1.80. The Hall–Kier alpha value is -1.57. The average Bonchev–Trinajstić information content (AvgIpc) is 2.48. The number of para-hydroxylation sites is 1. The lowest BCUT2D eigenvalue weighted by Crippen LogP contribution is -2.44. The molecular formula is C15H22N4. The summed E-state index contributed by atoms with van der Waals surface area (Å²) >= 11 is 0. The fourth-order valence-electron chi connectivity index (χ4n) is 2.49. The van der Waals surface area contributed by atoms with Crippen molar-refractivity contribution in [1.82, 2.24) is 10.2 Å². The molecule has 102 valence electrons. The highest BCUT2D eigenvalue weighted by atomic mass is 15.2. The smallest absolute Gasteiger partial charge is 0.101 e. The number of nitriles is 1. The molecular weight excluding hydrogens is 236 g/mol. The molecule has 0 radical (unpaired) electrons. The molecule has 1 aliphatic rings. The molecule has 4 nitrogen and oxygen atoms in total. The van der Waals surface area contributed by atoms with Gasteiger partial charge in [-0.3, -0.25) is 0 Å². The summed E-state index contributed by atoms with van der Waals surface area (Å²) in [6.07, 6.45) is 1.14. The van der Waals surface area contributed by atoms with Gasteiger partial charge < -0.3 is 15.1 Å². The van der Waals surface area contributed by atoms with Crippen molar-refractivity contribution in [3.8, 4) is 6.07 Å². The van der Waals surface area contributed by atoms with E-state index in [-0.39, 0.29) is 0 Å². The summed E-state index contributed by atoms with van der Waals surface area (Å²) in [7, 11) is 2.06. The van der Waals surface area contributed by atoms with Crippen LogP contribution in [0.25, 0.3) is 0 Å². The van der Waals surface area contributed by atoms with Gasteiger partial charge in [-0.15, -0.1) is 0 Å². The molecule has 1 fully saturated rings. The molecule has 4 heteroatoms. The van der Waals surface area contributed by atoms with Gasteiger partial charge >= 0.3 is 0 Å². The van der Waals surface area contributed by atoms with Crippen molar-refractivity contribution in [3.05, 3.63) is 29.8 Å². The van der Waals surface area contributed by atoms with Gasteiger partial charge in [-0.1, -0.05) is 12.1 Å². The quantitative estimate of drug-likeness (QED) is 0.864.